The molecule has 1 N–H and O–H groups in total. The third-order valence-electron chi connectivity index (χ3n) is 4.50. The van der Waals surface area contributed by atoms with Gasteiger partial charge in [0, 0.05) is 12.0 Å². The second kappa shape index (κ2) is 9.00. The summed E-state index contributed by atoms with van der Waals surface area (Å²) in [4.78, 5) is 25.4. The van der Waals surface area contributed by atoms with E-state index in [0.29, 0.717) is 12.0 Å². The first-order valence-corrected chi connectivity index (χ1v) is 9.16. The lowest BCUT2D eigenvalue weighted by Crippen LogP contribution is -2.20. The molecule has 3 aromatic rings. The van der Waals surface area contributed by atoms with E-state index in [1.54, 1.807) is 0 Å². The molecule has 3 rings (SSSR count). The number of hydrogen-bond acceptors (Lipinski definition) is 4. The molecule has 0 heterocycles. The number of ether oxygens (including phenoxy) is 1. The van der Waals surface area contributed by atoms with Crippen LogP contribution in [0, 0.1) is 6.92 Å². The molecule has 1 atom stereocenters. The molecule has 0 aromatic heterocycles. The van der Waals surface area contributed by atoms with Crippen molar-refractivity contribution in [2.45, 2.75) is 25.9 Å². The summed E-state index contributed by atoms with van der Waals surface area (Å²) in [6.45, 7) is 1.96. The highest BCUT2D eigenvalue weighted by molar-refractivity contribution is 5.93. The van der Waals surface area contributed by atoms with Gasteiger partial charge in [0.05, 0.1) is 5.56 Å². The van der Waals surface area contributed by atoms with Crippen LogP contribution >= 0.6 is 0 Å². The number of esters is 1. The molecule has 1 unspecified atom stereocenters. The quantitative estimate of drug-likeness (QED) is 0.603. The Morgan fingerprint density at radius 1 is 0.893 bits per heavy atom. The topological polar surface area (TPSA) is 63.6 Å². The Kier molecular flexibility index (Phi) is 6.22. The molecule has 0 aliphatic heterocycles. The van der Waals surface area contributed by atoms with Crippen molar-refractivity contribution in [3.8, 4) is 5.75 Å². The van der Waals surface area contributed by atoms with Crippen LogP contribution in [0.25, 0.3) is 0 Å². The molecule has 0 saturated heterocycles. The number of ketones is 1. The number of phenols is 1. The number of carbonyl (C=O) groups excluding carboxylic acids is 2. The van der Waals surface area contributed by atoms with Gasteiger partial charge >= 0.3 is 5.97 Å². The van der Waals surface area contributed by atoms with Gasteiger partial charge in [-0.2, -0.15) is 0 Å². The predicted octanol–water partition coefficient (Wildman–Crippen LogP) is 4.80. The van der Waals surface area contributed by atoms with Crippen LogP contribution in [-0.4, -0.2) is 16.9 Å². The van der Waals surface area contributed by atoms with Crippen LogP contribution in [0.2, 0.25) is 0 Å². The highest BCUT2D eigenvalue weighted by atomic mass is 16.5. The zero-order valence-corrected chi connectivity index (χ0v) is 15.7. The molecule has 0 aliphatic carbocycles. The van der Waals surface area contributed by atoms with E-state index >= 15 is 0 Å². The average molecular weight is 374 g/mol. The van der Waals surface area contributed by atoms with E-state index in [0.717, 1.165) is 11.1 Å². The Balaban J connectivity index is 1.78. The lowest BCUT2D eigenvalue weighted by molar-refractivity contribution is -0.128. The minimum absolute atomic E-state index is 0.0607. The molecule has 0 fully saturated rings. The van der Waals surface area contributed by atoms with Crippen molar-refractivity contribution in [3.63, 3.8) is 0 Å². The smallest absolute Gasteiger partial charge is 0.339 e. The number of rotatable bonds is 7. The van der Waals surface area contributed by atoms with Crippen LogP contribution in [0.15, 0.2) is 78.9 Å². The highest BCUT2D eigenvalue weighted by Crippen LogP contribution is 2.24. The summed E-state index contributed by atoms with van der Waals surface area (Å²) in [5, 5.41) is 9.38. The Morgan fingerprint density at radius 3 is 2.18 bits per heavy atom. The molecular weight excluding hydrogens is 352 g/mol. The first-order valence-electron chi connectivity index (χ1n) is 9.16. The van der Waals surface area contributed by atoms with Gasteiger partial charge in [0.25, 0.3) is 0 Å². The fraction of sp³-hybridized carbons (Fsp3) is 0.167. The largest absolute Gasteiger partial charge is 0.508 e. The van der Waals surface area contributed by atoms with E-state index in [2.05, 4.69) is 0 Å². The molecule has 3 aromatic carbocycles. The summed E-state index contributed by atoms with van der Waals surface area (Å²) in [5.74, 6) is -0.691. The molecule has 0 radical (unpaired) electrons. The van der Waals surface area contributed by atoms with Crippen molar-refractivity contribution in [1.82, 2.24) is 0 Å². The van der Waals surface area contributed by atoms with Crippen molar-refractivity contribution in [1.29, 1.82) is 0 Å². The van der Waals surface area contributed by atoms with Gasteiger partial charge in [0.2, 0.25) is 0 Å². The Morgan fingerprint density at radius 2 is 1.54 bits per heavy atom. The molecule has 0 aliphatic rings. The summed E-state index contributed by atoms with van der Waals surface area (Å²) >= 11 is 0. The van der Waals surface area contributed by atoms with E-state index in [1.807, 2.05) is 61.5 Å². The van der Waals surface area contributed by atoms with Crippen molar-refractivity contribution >= 4 is 11.8 Å². The van der Waals surface area contributed by atoms with Gasteiger partial charge < -0.3 is 9.84 Å². The van der Waals surface area contributed by atoms with Crippen molar-refractivity contribution < 1.29 is 19.4 Å². The van der Waals surface area contributed by atoms with Gasteiger partial charge in [0.1, 0.15) is 5.75 Å². The first-order chi connectivity index (χ1) is 13.5. The zero-order valence-electron chi connectivity index (χ0n) is 15.7. The third-order valence-corrected chi connectivity index (χ3v) is 4.50. The number of aryl methyl sites for hydroxylation is 2. The molecular formula is C24H22O4. The maximum absolute atomic E-state index is 12.9. The summed E-state index contributed by atoms with van der Waals surface area (Å²) in [6.07, 6.45) is -0.116. The summed E-state index contributed by atoms with van der Waals surface area (Å²) < 4.78 is 5.58. The lowest BCUT2D eigenvalue weighted by atomic mass is 9.99. The molecule has 28 heavy (non-hydrogen) atoms. The lowest BCUT2D eigenvalue weighted by Gasteiger charge is -2.18. The van der Waals surface area contributed by atoms with Crippen LogP contribution in [-0.2, 0) is 16.0 Å². The van der Waals surface area contributed by atoms with Crippen molar-refractivity contribution in [2.24, 2.45) is 0 Å². The van der Waals surface area contributed by atoms with E-state index in [-0.39, 0.29) is 23.5 Å². The summed E-state index contributed by atoms with van der Waals surface area (Å²) in [5.41, 5.74) is 3.05. The van der Waals surface area contributed by atoms with Gasteiger partial charge in [-0.05, 0) is 43.2 Å². The molecule has 0 amide bonds. The van der Waals surface area contributed by atoms with Gasteiger partial charge in [-0.15, -0.1) is 0 Å². The second-order valence-electron chi connectivity index (χ2n) is 6.69. The maximum atomic E-state index is 12.9. The van der Waals surface area contributed by atoms with E-state index in [4.69, 9.17) is 4.74 Å². The van der Waals surface area contributed by atoms with Crippen LogP contribution in [0.3, 0.4) is 0 Å². The van der Waals surface area contributed by atoms with Crippen LogP contribution < -0.4 is 0 Å². The van der Waals surface area contributed by atoms with E-state index in [9.17, 15) is 14.7 Å². The standard InChI is InChI=1S/C24H22O4/c1-17-7-10-19(11-8-17)23(22(26)16-9-18-5-3-2-4-6-18)28-24(27)20-12-14-21(25)15-13-20/h2-8,10-15,23,25H,9,16H2,1H3. The monoisotopic (exact) mass is 374 g/mol. The van der Waals surface area contributed by atoms with Gasteiger partial charge in [0.15, 0.2) is 11.9 Å². The number of aromatic hydroxyl groups is 1. The second-order valence-corrected chi connectivity index (χ2v) is 6.69. The Labute approximate surface area is 164 Å². The minimum atomic E-state index is -0.967. The predicted molar refractivity (Wildman–Crippen MR) is 107 cm³/mol. The third kappa shape index (κ3) is 5.07. The van der Waals surface area contributed by atoms with Gasteiger partial charge in [-0.1, -0.05) is 60.2 Å². The number of benzene rings is 3. The Bertz CT molecular complexity index is 929. The van der Waals surface area contributed by atoms with E-state index < -0.39 is 12.1 Å². The Hall–Kier alpha value is -3.40. The molecule has 0 bridgehead atoms. The molecule has 0 spiro atoms. The number of carbonyl (C=O) groups is 2. The minimum Gasteiger partial charge on any atom is -0.508 e. The molecule has 4 nitrogen and oxygen atoms in total. The molecule has 4 heteroatoms. The van der Waals surface area contributed by atoms with E-state index in [1.165, 1.54) is 24.3 Å². The van der Waals surface area contributed by atoms with Crippen LogP contribution in [0.1, 0.15) is 39.6 Å². The fourth-order valence-electron chi connectivity index (χ4n) is 2.88. The number of phenolic OH excluding ortho intramolecular Hbond substituents is 1. The number of Topliss-reactive ketones (excluding diaryl/α,β-unsaturated/α-hetero) is 1. The first kappa shape index (κ1) is 19.4. The molecule has 142 valence electrons. The van der Waals surface area contributed by atoms with Crippen molar-refractivity contribution in [2.75, 3.05) is 0 Å². The van der Waals surface area contributed by atoms with Gasteiger partial charge in [-0.3, -0.25) is 4.79 Å². The van der Waals surface area contributed by atoms with Crippen LogP contribution in [0.4, 0.5) is 0 Å². The highest BCUT2D eigenvalue weighted by Gasteiger charge is 2.25. The molecule has 0 saturated carbocycles. The number of hydrogen-bond donors (Lipinski definition) is 1. The maximum Gasteiger partial charge on any atom is 0.339 e. The zero-order chi connectivity index (χ0) is 19.9. The van der Waals surface area contributed by atoms with Crippen molar-refractivity contribution in [3.05, 3.63) is 101 Å². The SMILES string of the molecule is Cc1ccc(C(OC(=O)c2ccc(O)cc2)C(=O)CCc2ccccc2)cc1. The van der Waals surface area contributed by atoms with Crippen LogP contribution in [0.5, 0.6) is 5.75 Å². The van der Waals surface area contributed by atoms with Gasteiger partial charge in [-0.25, -0.2) is 4.79 Å². The summed E-state index contributed by atoms with van der Waals surface area (Å²) in [7, 11) is 0. The fourth-order valence-corrected chi connectivity index (χ4v) is 2.88. The average Bonchev–Trinajstić information content (AvgIpc) is 2.72. The summed E-state index contributed by atoms with van der Waals surface area (Å²) in [6, 6.07) is 22.9. The normalized spacial score (nSPS) is 11.6.